The maximum absolute atomic E-state index is 12.5. The number of carbonyl (C=O) groups is 3. The van der Waals surface area contributed by atoms with Gasteiger partial charge in [0.1, 0.15) is 11.5 Å². The highest BCUT2D eigenvalue weighted by molar-refractivity contribution is 6.40. The molecule has 0 saturated heterocycles. The van der Waals surface area contributed by atoms with Gasteiger partial charge in [0.2, 0.25) is 0 Å². The summed E-state index contributed by atoms with van der Waals surface area (Å²) in [4.78, 5) is 37.3. The number of hydrogen-bond acceptors (Lipinski definition) is 5. The van der Waals surface area contributed by atoms with Crippen LogP contribution >= 0.6 is 0 Å². The van der Waals surface area contributed by atoms with Crippen molar-refractivity contribution in [3.63, 3.8) is 0 Å². The van der Waals surface area contributed by atoms with Gasteiger partial charge in [0.05, 0.1) is 30.2 Å². The van der Waals surface area contributed by atoms with Gasteiger partial charge in [-0.2, -0.15) is 0 Å². The fraction of sp³-hybridized carbons (Fsp3) is 0.208. The summed E-state index contributed by atoms with van der Waals surface area (Å²) >= 11 is 0. The first kappa shape index (κ1) is 22.6. The summed E-state index contributed by atoms with van der Waals surface area (Å²) in [6.45, 7) is 4.14. The van der Waals surface area contributed by atoms with Gasteiger partial charge in [-0.05, 0) is 44.2 Å². The van der Waals surface area contributed by atoms with Crippen LogP contribution in [0.5, 0.6) is 5.75 Å². The van der Waals surface area contributed by atoms with Crippen LogP contribution < -0.4 is 20.7 Å². The fourth-order valence-corrected chi connectivity index (χ4v) is 2.92. The first-order valence-corrected chi connectivity index (χ1v) is 10.2. The van der Waals surface area contributed by atoms with Crippen LogP contribution in [0.1, 0.15) is 35.5 Å². The van der Waals surface area contributed by atoms with Crippen molar-refractivity contribution in [1.29, 1.82) is 0 Å². The maximum atomic E-state index is 12.5. The van der Waals surface area contributed by atoms with Gasteiger partial charge < -0.3 is 25.1 Å². The monoisotopic (exact) mass is 435 g/mol. The van der Waals surface area contributed by atoms with Crippen LogP contribution in [-0.2, 0) is 22.7 Å². The lowest BCUT2D eigenvalue weighted by Crippen LogP contribution is -2.35. The Morgan fingerprint density at radius 3 is 2.38 bits per heavy atom. The van der Waals surface area contributed by atoms with Gasteiger partial charge in [-0.3, -0.25) is 14.4 Å². The zero-order valence-corrected chi connectivity index (χ0v) is 17.9. The van der Waals surface area contributed by atoms with E-state index >= 15 is 0 Å². The van der Waals surface area contributed by atoms with Crippen LogP contribution in [-0.4, -0.2) is 23.8 Å². The summed E-state index contributed by atoms with van der Waals surface area (Å²) < 4.78 is 10.9. The third-order valence-corrected chi connectivity index (χ3v) is 4.40. The molecule has 2 aromatic carbocycles. The molecule has 0 spiro atoms. The molecule has 1 heterocycles. The molecule has 0 atom stereocenters. The van der Waals surface area contributed by atoms with Crippen LogP contribution in [0.2, 0.25) is 0 Å². The molecule has 166 valence electrons. The number of anilines is 1. The molecule has 8 nitrogen and oxygen atoms in total. The molecule has 32 heavy (non-hydrogen) atoms. The third kappa shape index (κ3) is 6.21. The zero-order valence-electron chi connectivity index (χ0n) is 17.9. The minimum atomic E-state index is -0.876. The predicted octanol–water partition coefficient (Wildman–Crippen LogP) is 3.25. The number of carbonyl (C=O) groups excluding carboxylic acids is 3. The molecule has 8 heteroatoms. The second-order valence-corrected chi connectivity index (χ2v) is 7.22. The summed E-state index contributed by atoms with van der Waals surface area (Å²) in [5, 5.41) is 7.80. The largest absolute Gasteiger partial charge is 0.491 e. The maximum Gasteiger partial charge on any atom is 0.313 e. The highest BCUT2D eigenvalue weighted by Gasteiger charge is 2.18. The van der Waals surface area contributed by atoms with E-state index in [-0.39, 0.29) is 30.4 Å². The van der Waals surface area contributed by atoms with Gasteiger partial charge >= 0.3 is 11.8 Å². The number of rotatable bonds is 8. The van der Waals surface area contributed by atoms with E-state index in [4.69, 9.17) is 9.15 Å². The molecule has 0 aliphatic heterocycles. The first-order valence-electron chi connectivity index (χ1n) is 10.2. The van der Waals surface area contributed by atoms with E-state index in [1.807, 2.05) is 32.0 Å². The normalized spacial score (nSPS) is 10.5. The highest BCUT2D eigenvalue weighted by Crippen LogP contribution is 2.19. The lowest BCUT2D eigenvalue weighted by molar-refractivity contribution is -0.136. The van der Waals surface area contributed by atoms with E-state index < -0.39 is 17.7 Å². The molecule has 3 N–H and O–H groups in total. The molecule has 0 unspecified atom stereocenters. The first-order chi connectivity index (χ1) is 15.4. The van der Waals surface area contributed by atoms with Gasteiger partial charge in [0, 0.05) is 12.1 Å². The SMILES string of the molecule is CC(C)Oc1ccccc1CNC(=O)C(=O)Nc1ccccc1C(=O)NCc1ccco1. The number of hydrogen-bond donors (Lipinski definition) is 3. The summed E-state index contributed by atoms with van der Waals surface area (Å²) in [5.74, 6) is -0.867. The average Bonchev–Trinajstić information content (AvgIpc) is 3.30. The van der Waals surface area contributed by atoms with Crippen LogP contribution in [0.3, 0.4) is 0 Å². The van der Waals surface area contributed by atoms with Crippen LogP contribution in [0.4, 0.5) is 5.69 Å². The van der Waals surface area contributed by atoms with Gasteiger partial charge in [-0.25, -0.2) is 0 Å². The number of furan rings is 1. The van der Waals surface area contributed by atoms with Crippen molar-refractivity contribution >= 4 is 23.4 Å². The molecule has 0 saturated carbocycles. The summed E-state index contributed by atoms with van der Waals surface area (Å²) in [6.07, 6.45) is 1.49. The zero-order chi connectivity index (χ0) is 22.9. The summed E-state index contributed by atoms with van der Waals surface area (Å²) in [5.41, 5.74) is 1.21. The van der Waals surface area contributed by atoms with Crippen molar-refractivity contribution in [2.75, 3.05) is 5.32 Å². The third-order valence-electron chi connectivity index (χ3n) is 4.40. The molecule has 3 rings (SSSR count). The van der Waals surface area contributed by atoms with Crippen LogP contribution in [0, 0.1) is 0 Å². The second kappa shape index (κ2) is 10.8. The van der Waals surface area contributed by atoms with Gasteiger partial charge in [0.15, 0.2) is 0 Å². The van der Waals surface area contributed by atoms with E-state index in [1.54, 1.807) is 42.5 Å². The van der Waals surface area contributed by atoms with Crippen molar-refractivity contribution in [1.82, 2.24) is 10.6 Å². The van der Waals surface area contributed by atoms with Crippen molar-refractivity contribution in [3.05, 3.63) is 83.8 Å². The Morgan fingerprint density at radius 1 is 0.875 bits per heavy atom. The minimum Gasteiger partial charge on any atom is -0.491 e. The number of amides is 3. The van der Waals surface area contributed by atoms with Crippen molar-refractivity contribution < 1.29 is 23.5 Å². The molecule has 0 bridgehead atoms. The standard InChI is InChI=1S/C24H25N3O5/c1-16(2)32-21-12-6-3-8-17(21)14-25-23(29)24(30)27-20-11-5-4-10-19(20)22(28)26-15-18-9-7-13-31-18/h3-13,16H,14-15H2,1-2H3,(H,25,29)(H,26,28)(H,27,30). The Hall–Kier alpha value is -4.07. The second-order valence-electron chi connectivity index (χ2n) is 7.22. The number of para-hydroxylation sites is 2. The Bertz CT molecular complexity index is 1080. The number of ether oxygens (including phenoxy) is 1. The summed E-state index contributed by atoms with van der Waals surface area (Å²) in [6, 6.07) is 17.2. The Balaban J connectivity index is 1.60. The quantitative estimate of drug-likeness (QED) is 0.471. The Morgan fingerprint density at radius 2 is 1.62 bits per heavy atom. The number of nitrogens with one attached hydrogen (secondary N) is 3. The molecule has 3 amide bonds. The van der Waals surface area contributed by atoms with Gasteiger partial charge in [0.25, 0.3) is 5.91 Å². The highest BCUT2D eigenvalue weighted by atomic mass is 16.5. The van der Waals surface area contributed by atoms with E-state index in [0.29, 0.717) is 11.5 Å². The van der Waals surface area contributed by atoms with Crippen LogP contribution in [0.25, 0.3) is 0 Å². The van der Waals surface area contributed by atoms with Crippen molar-refractivity contribution in [3.8, 4) is 5.75 Å². The molecule has 0 aliphatic carbocycles. The van der Waals surface area contributed by atoms with E-state index in [2.05, 4.69) is 16.0 Å². The average molecular weight is 435 g/mol. The van der Waals surface area contributed by atoms with E-state index in [0.717, 1.165) is 5.56 Å². The summed E-state index contributed by atoms with van der Waals surface area (Å²) in [7, 11) is 0. The number of benzene rings is 2. The molecular weight excluding hydrogens is 410 g/mol. The van der Waals surface area contributed by atoms with E-state index in [1.165, 1.54) is 6.26 Å². The Labute approximate surface area is 186 Å². The van der Waals surface area contributed by atoms with E-state index in [9.17, 15) is 14.4 Å². The molecular formula is C24H25N3O5. The topological polar surface area (TPSA) is 110 Å². The molecule has 0 aliphatic rings. The minimum absolute atomic E-state index is 0.0226. The van der Waals surface area contributed by atoms with Gasteiger partial charge in [-0.1, -0.05) is 30.3 Å². The molecule has 0 fully saturated rings. The lowest BCUT2D eigenvalue weighted by Gasteiger charge is -2.15. The Kier molecular flexibility index (Phi) is 7.64. The predicted molar refractivity (Wildman–Crippen MR) is 119 cm³/mol. The van der Waals surface area contributed by atoms with Crippen molar-refractivity contribution in [2.24, 2.45) is 0 Å². The van der Waals surface area contributed by atoms with Gasteiger partial charge in [-0.15, -0.1) is 0 Å². The lowest BCUT2D eigenvalue weighted by atomic mass is 10.1. The fourth-order valence-electron chi connectivity index (χ4n) is 2.92. The molecule has 1 aromatic heterocycles. The smallest absolute Gasteiger partial charge is 0.313 e. The molecule has 3 aromatic rings. The molecule has 0 radical (unpaired) electrons. The van der Waals surface area contributed by atoms with Crippen LogP contribution in [0.15, 0.2) is 71.3 Å². The van der Waals surface area contributed by atoms with Crippen molar-refractivity contribution in [2.45, 2.75) is 33.0 Å².